The third-order valence-corrected chi connectivity index (χ3v) is 5.45. The van der Waals surface area contributed by atoms with E-state index in [4.69, 9.17) is 15.2 Å². The van der Waals surface area contributed by atoms with Gasteiger partial charge in [-0.2, -0.15) is 0 Å². The number of nitrogens with two attached hydrogens (primary N) is 1. The van der Waals surface area contributed by atoms with Gasteiger partial charge in [-0.05, 0) is 49.8 Å². The fourth-order valence-electron chi connectivity index (χ4n) is 3.70. The topological polar surface area (TPSA) is 64.8 Å². The van der Waals surface area contributed by atoms with Crippen molar-refractivity contribution in [2.45, 2.75) is 51.7 Å². The number of aryl methyl sites for hydroxylation is 2. The molecule has 1 aromatic rings. The Bertz CT molecular complexity index is 591. The molecule has 1 unspecified atom stereocenters. The van der Waals surface area contributed by atoms with Crippen LogP contribution in [0.2, 0.25) is 0 Å². The van der Waals surface area contributed by atoms with E-state index in [1.165, 1.54) is 5.56 Å². The molecule has 0 bridgehead atoms. The van der Waals surface area contributed by atoms with Gasteiger partial charge in [0.1, 0.15) is 11.9 Å². The maximum Gasteiger partial charge on any atom is 0.239 e. The molecule has 5 heteroatoms. The predicted molar refractivity (Wildman–Crippen MR) is 97.7 cm³/mol. The van der Waals surface area contributed by atoms with Crippen LogP contribution in [0.5, 0.6) is 5.75 Å². The Kier molecular flexibility index (Phi) is 5.97. The molecular formula is C20H30N2O3. The number of likely N-dealkylation sites (tertiary alicyclic amines) is 1. The van der Waals surface area contributed by atoms with E-state index in [9.17, 15) is 4.79 Å². The van der Waals surface area contributed by atoms with Gasteiger partial charge in [0.05, 0.1) is 6.04 Å². The summed E-state index contributed by atoms with van der Waals surface area (Å²) in [4.78, 5) is 14.6. The molecule has 1 amide bonds. The van der Waals surface area contributed by atoms with Crippen molar-refractivity contribution in [3.05, 3.63) is 29.3 Å². The Balaban J connectivity index is 1.51. The highest BCUT2D eigenvalue weighted by Crippen LogP contribution is 2.25. The molecule has 1 aromatic carbocycles. The molecular weight excluding hydrogens is 316 g/mol. The van der Waals surface area contributed by atoms with Gasteiger partial charge < -0.3 is 20.1 Å². The van der Waals surface area contributed by atoms with Crippen LogP contribution in [-0.2, 0) is 9.53 Å². The number of hydrogen-bond acceptors (Lipinski definition) is 4. The van der Waals surface area contributed by atoms with Crippen LogP contribution >= 0.6 is 0 Å². The fraction of sp³-hybridized carbons (Fsp3) is 0.650. The number of hydrogen-bond donors (Lipinski definition) is 1. The summed E-state index contributed by atoms with van der Waals surface area (Å²) in [5.74, 6) is 1.31. The van der Waals surface area contributed by atoms with Crippen molar-refractivity contribution in [3.8, 4) is 5.75 Å². The lowest BCUT2D eigenvalue weighted by Gasteiger charge is -2.36. The molecule has 2 N–H and O–H groups in total. The minimum absolute atomic E-state index is 0.0945. The molecule has 2 saturated heterocycles. The Labute approximate surface area is 150 Å². The second-order valence-corrected chi connectivity index (χ2v) is 7.39. The number of benzene rings is 1. The minimum atomic E-state index is -0.389. The van der Waals surface area contributed by atoms with Crippen molar-refractivity contribution >= 4 is 5.91 Å². The maximum atomic E-state index is 12.7. The van der Waals surface area contributed by atoms with Gasteiger partial charge in [0, 0.05) is 39.1 Å². The third-order valence-electron chi connectivity index (χ3n) is 5.45. The Morgan fingerprint density at radius 1 is 1.20 bits per heavy atom. The largest absolute Gasteiger partial charge is 0.490 e. The van der Waals surface area contributed by atoms with Crippen LogP contribution in [0.4, 0.5) is 0 Å². The number of carbonyl (C=O) groups is 1. The van der Waals surface area contributed by atoms with E-state index in [1.54, 1.807) is 0 Å². The average molecular weight is 346 g/mol. The van der Waals surface area contributed by atoms with Crippen LogP contribution in [0, 0.1) is 19.8 Å². The first-order valence-corrected chi connectivity index (χ1v) is 9.40. The molecule has 2 aliphatic rings. The summed E-state index contributed by atoms with van der Waals surface area (Å²) < 4.78 is 11.6. The molecule has 138 valence electrons. The van der Waals surface area contributed by atoms with Crippen molar-refractivity contribution in [3.63, 3.8) is 0 Å². The molecule has 0 spiro atoms. The first-order valence-electron chi connectivity index (χ1n) is 9.40. The monoisotopic (exact) mass is 346 g/mol. The number of carbonyl (C=O) groups excluding carboxylic acids is 1. The van der Waals surface area contributed by atoms with E-state index in [-0.39, 0.29) is 24.0 Å². The molecule has 0 radical (unpaired) electrons. The Hall–Kier alpha value is -1.59. The zero-order valence-electron chi connectivity index (χ0n) is 15.4. The van der Waals surface area contributed by atoms with E-state index >= 15 is 0 Å². The quantitative estimate of drug-likeness (QED) is 0.909. The van der Waals surface area contributed by atoms with Crippen molar-refractivity contribution in [2.24, 2.45) is 11.7 Å². The predicted octanol–water partition coefficient (Wildman–Crippen LogP) is 2.43. The molecule has 0 aromatic heterocycles. The van der Waals surface area contributed by atoms with Gasteiger partial charge in [-0.25, -0.2) is 0 Å². The maximum absolute atomic E-state index is 12.7. The van der Waals surface area contributed by atoms with Crippen LogP contribution in [0.25, 0.3) is 0 Å². The smallest absolute Gasteiger partial charge is 0.239 e. The number of piperidine rings is 1. The molecule has 5 nitrogen and oxygen atoms in total. The van der Waals surface area contributed by atoms with E-state index in [0.717, 1.165) is 63.3 Å². The summed E-state index contributed by atoms with van der Waals surface area (Å²) in [6.45, 7) is 7.04. The second kappa shape index (κ2) is 8.19. The van der Waals surface area contributed by atoms with Crippen molar-refractivity contribution in [1.29, 1.82) is 0 Å². The lowest BCUT2D eigenvalue weighted by Crippen LogP contribution is -2.52. The molecule has 0 saturated carbocycles. The standard InChI is InChI=1S/C20H30N2O3/c1-14-3-4-15(2)18(13-14)25-17-5-9-22(10-6-17)20(23)19(21)16-7-11-24-12-8-16/h3-4,13,16-17,19H,5-12,21H2,1-2H3. The summed E-state index contributed by atoms with van der Waals surface area (Å²) >= 11 is 0. The van der Waals surface area contributed by atoms with Gasteiger partial charge in [0.2, 0.25) is 5.91 Å². The van der Waals surface area contributed by atoms with E-state index in [2.05, 4.69) is 32.0 Å². The summed E-state index contributed by atoms with van der Waals surface area (Å²) in [6, 6.07) is 5.89. The van der Waals surface area contributed by atoms with Crippen LogP contribution in [0.15, 0.2) is 18.2 Å². The molecule has 2 aliphatic heterocycles. The molecule has 3 rings (SSSR count). The molecule has 0 aliphatic carbocycles. The van der Waals surface area contributed by atoms with Crippen LogP contribution < -0.4 is 10.5 Å². The van der Waals surface area contributed by atoms with Gasteiger partial charge in [0.15, 0.2) is 0 Å². The number of ether oxygens (including phenoxy) is 2. The van der Waals surface area contributed by atoms with Gasteiger partial charge in [-0.3, -0.25) is 4.79 Å². The van der Waals surface area contributed by atoms with Crippen molar-refractivity contribution < 1.29 is 14.3 Å². The highest BCUT2D eigenvalue weighted by Gasteiger charge is 2.32. The third kappa shape index (κ3) is 4.53. The normalized spacial score (nSPS) is 21.2. The number of amides is 1. The van der Waals surface area contributed by atoms with E-state index in [1.807, 2.05) is 4.90 Å². The lowest BCUT2D eigenvalue weighted by molar-refractivity contribution is -0.136. The number of rotatable bonds is 4. The first kappa shape index (κ1) is 18.2. The van der Waals surface area contributed by atoms with Gasteiger partial charge in [-0.15, -0.1) is 0 Å². The highest BCUT2D eigenvalue weighted by atomic mass is 16.5. The SMILES string of the molecule is Cc1ccc(C)c(OC2CCN(C(=O)C(N)C3CCOCC3)CC2)c1. The average Bonchev–Trinajstić information content (AvgIpc) is 2.65. The van der Waals surface area contributed by atoms with Gasteiger partial charge in [0.25, 0.3) is 0 Å². The minimum Gasteiger partial charge on any atom is -0.490 e. The second-order valence-electron chi connectivity index (χ2n) is 7.39. The van der Waals surface area contributed by atoms with Gasteiger partial charge >= 0.3 is 0 Å². The summed E-state index contributed by atoms with van der Waals surface area (Å²) in [5, 5.41) is 0. The Morgan fingerprint density at radius 2 is 1.88 bits per heavy atom. The molecule has 1 atom stereocenters. The summed E-state index contributed by atoms with van der Waals surface area (Å²) in [5.41, 5.74) is 8.60. The fourth-order valence-corrected chi connectivity index (χ4v) is 3.70. The van der Waals surface area contributed by atoms with Crippen molar-refractivity contribution in [1.82, 2.24) is 4.90 Å². The number of nitrogens with zero attached hydrogens (tertiary/aromatic N) is 1. The lowest BCUT2D eigenvalue weighted by atomic mass is 9.91. The zero-order valence-corrected chi connectivity index (χ0v) is 15.4. The van der Waals surface area contributed by atoms with Gasteiger partial charge in [-0.1, -0.05) is 12.1 Å². The summed E-state index contributed by atoms with van der Waals surface area (Å²) in [7, 11) is 0. The van der Waals surface area contributed by atoms with Crippen molar-refractivity contribution in [2.75, 3.05) is 26.3 Å². The molecule has 2 heterocycles. The Morgan fingerprint density at radius 3 is 2.56 bits per heavy atom. The highest BCUT2D eigenvalue weighted by molar-refractivity contribution is 5.82. The zero-order chi connectivity index (χ0) is 17.8. The van der Waals surface area contributed by atoms with Crippen LogP contribution in [0.3, 0.4) is 0 Å². The first-order chi connectivity index (χ1) is 12.0. The summed E-state index contributed by atoms with van der Waals surface area (Å²) in [6.07, 6.45) is 3.67. The van der Waals surface area contributed by atoms with E-state index < -0.39 is 0 Å². The van der Waals surface area contributed by atoms with Crippen LogP contribution in [0.1, 0.15) is 36.8 Å². The molecule has 25 heavy (non-hydrogen) atoms. The molecule has 2 fully saturated rings. The van der Waals surface area contributed by atoms with E-state index in [0.29, 0.717) is 0 Å². The van der Waals surface area contributed by atoms with Crippen LogP contribution in [-0.4, -0.2) is 49.3 Å².